The van der Waals surface area contributed by atoms with Gasteiger partial charge >= 0.3 is 0 Å². The van der Waals surface area contributed by atoms with Gasteiger partial charge in [-0.3, -0.25) is 0 Å². The zero-order valence-corrected chi connectivity index (χ0v) is 27.5. The normalized spacial score (nSPS) is 12.9. The smallest absolute Gasteiger partial charge is 0.161 e. The minimum atomic E-state index is 0.485. The number of hydrogen-bond acceptors (Lipinski definition) is 4. The van der Waals surface area contributed by atoms with Crippen LogP contribution in [0.15, 0.2) is 146 Å². The van der Waals surface area contributed by atoms with Crippen molar-refractivity contribution in [2.75, 3.05) is 19.1 Å². The quantitative estimate of drug-likeness (QED) is 0.166. The Bertz CT molecular complexity index is 2460. The first-order chi connectivity index (χ1) is 24.2. The highest BCUT2D eigenvalue weighted by atomic mass is 16.5. The Kier molecular flexibility index (Phi) is 7.05. The topological polar surface area (TPSA) is 39.0 Å². The molecule has 0 bridgehead atoms. The molecule has 0 radical (unpaired) electrons. The SMILES string of the molecule is COc1cc2cc(C3CC3)n3nc(-c4ccc(N(c5ccccc5)c5cccc6ccccc56)cc4)c(-c4ccccc4)c3c2cc1OC. The fourth-order valence-electron chi connectivity index (χ4n) is 7.22. The van der Waals surface area contributed by atoms with Gasteiger partial charge in [0.05, 0.1) is 25.4 Å². The summed E-state index contributed by atoms with van der Waals surface area (Å²) >= 11 is 0. The van der Waals surface area contributed by atoms with Crippen molar-refractivity contribution in [2.24, 2.45) is 0 Å². The van der Waals surface area contributed by atoms with Gasteiger partial charge in [0.15, 0.2) is 11.5 Å². The fraction of sp³-hybridized carbons (Fsp3) is 0.114. The third-order valence-corrected chi connectivity index (χ3v) is 9.72. The number of benzene rings is 6. The third kappa shape index (κ3) is 4.97. The van der Waals surface area contributed by atoms with Crippen LogP contribution in [0.3, 0.4) is 0 Å². The first-order valence-electron chi connectivity index (χ1n) is 16.8. The maximum absolute atomic E-state index is 5.80. The summed E-state index contributed by atoms with van der Waals surface area (Å²) < 4.78 is 13.7. The molecule has 1 saturated carbocycles. The maximum Gasteiger partial charge on any atom is 0.161 e. The average Bonchev–Trinajstić information content (AvgIpc) is 3.94. The van der Waals surface area contributed by atoms with E-state index in [-0.39, 0.29) is 0 Å². The van der Waals surface area contributed by atoms with Gasteiger partial charge in [0.25, 0.3) is 0 Å². The summed E-state index contributed by atoms with van der Waals surface area (Å²) in [4.78, 5) is 2.34. The molecule has 5 nitrogen and oxygen atoms in total. The van der Waals surface area contributed by atoms with Gasteiger partial charge in [-0.15, -0.1) is 0 Å². The fourth-order valence-corrected chi connectivity index (χ4v) is 7.22. The van der Waals surface area contributed by atoms with Gasteiger partial charge in [0, 0.05) is 44.9 Å². The van der Waals surface area contributed by atoms with Crippen LogP contribution in [0.5, 0.6) is 11.5 Å². The van der Waals surface area contributed by atoms with Gasteiger partial charge in [-0.1, -0.05) is 97.1 Å². The Balaban J connectivity index is 1.27. The van der Waals surface area contributed by atoms with Gasteiger partial charge < -0.3 is 14.4 Å². The molecule has 49 heavy (non-hydrogen) atoms. The summed E-state index contributed by atoms with van der Waals surface area (Å²) in [6.07, 6.45) is 2.34. The number of nitrogens with zero attached hydrogens (tertiary/aromatic N) is 3. The van der Waals surface area contributed by atoms with Gasteiger partial charge in [-0.25, -0.2) is 4.52 Å². The Morgan fingerprint density at radius 3 is 1.98 bits per heavy atom. The highest BCUT2D eigenvalue weighted by molar-refractivity contribution is 6.08. The van der Waals surface area contributed by atoms with Crippen molar-refractivity contribution in [2.45, 2.75) is 18.8 Å². The third-order valence-electron chi connectivity index (χ3n) is 9.72. The Hall–Kier alpha value is -6.07. The number of rotatable bonds is 8. The van der Waals surface area contributed by atoms with Crippen molar-refractivity contribution < 1.29 is 9.47 Å². The van der Waals surface area contributed by atoms with Crippen molar-refractivity contribution in [1.29, 1.82) is 0 Å². The molecule has 0 amide bonds. The molecule has 2 heterocycles. The number of ether oxygens (including phenoxy) is 2. The second kappa shape index (κ2) is 11.9. The number of aromatic nitrogens is 2. The molecule has 0 atom stereocenters. The van der Waals surface area contributed by atoms with Gasteiger partial charge in [-0.2, -0.15) is 5.10 Å². The summed E-state index contributed by atoms with van der Waals surface area (Å²) in [7, 11) is 3.39. The Morgan fingerprint density at radius 2 is 1.24 bits per heavy atom. The molecule has 0 aliphatic heterocycles. The van der Waals surface area contributed by atoms with Crippen LogP contribution >= 0.6 is 0 Å². The van der Waals surface area contributed by atoms with E-state index in [1.807, 2.05) is 0 Å². The van der Waals surface area contributed by atoms with E-state index >= 15 is 0 Å². The Labute approximate surface area is 285 Å². The van der Waals surface area contributed by atoms with E-state index in [9.17, 15) is 0 Å². The molecule has 9 rings (SSSR count). The number of para-hydroxylation sites is 1. The van der Waals surface area contributed by atoms with Crippen molar-refractivity contribution >= 4 is 44.1 Å². The van der Waals surface area contributed by atoms with Crippen LogP contribution in [-0.2, 0) is 0 Å². The highest BCUT2D eigenvalue weighted by Gasteiger charge is 2.30. The first kappa shape index (κ1) is 29.1. The van der Waals surface area contributed by atoms with E-state index in [1.54, 1.807) is 14.2 Å². The van der Waals surface area contributed by atoms with E-state index in [0.717, 1.165) is 61.5 Å². The predicted molar refractivity (Wildman–Crippen MR) is 201 cm³/mol. The summed E-state index contributed by atoms with van der Waals surface area (Å²) in [6, 6.07) is 51.7. The monoisotopic (exact) mass is 637 g/mol. The zero-order chi connectivity index (χ0) is 32.9. The summed E-state index contributed by atoms with van der Waals surface area (Å²) in [5.74, 6) is 1.92. The summed E-state index contributed by atoms with van der Waals surface area (Å²) in [6.45, 7) is 0. The van der Waals surface area contributed by atoms with E-state index in [2.05, 4.69) is 155 Å². The zero-order valence-electron chi connectivity index (χ0n) is 27.5. The van der Waals surface area contributed by atoms with Gasteiger partial charge in [0.2, 0.25) is 0 Å². The molecule has 0 N–H and O–H groups in total. The molecule has 0 unspecified atom stereocenters. The molecule has 6 aromatic carbocycles. The number of methoxy groups -OCH3 is 2. The van der Waals surface area contributed by atoms with Crippen molar-refractivity contribution in [3.05, 3.63) is 151 Å². The predicted octanol–water partition coefficient (Wildman–Crippen LogP) is 11.3. The van der Waals surface area contributed by atoms with E-state index < -0.39 is 0 Å². The lowest BCUT2D eigenvalue weighted by Crippen LogP contribution is -2.10. The molecule has 238 valence electrons. The number of anilines is 3. The van der Waals surface area contributed by atoms with Crippen LogP contribution in [0.25, 0.3) is 49.4 Å². The molecular weight excluding hydrogens is 603 g/mol. The van der Waals surface area contributed by atoms with Crippen molar-refractivity contribution in [3.63, 3.8) is 0 Å². The maximum atomic E-state index is 5.80. The molecule has 8 aromatic rings. The second-order valence-corrected chi connectivity index (χ2v) is 12.7. The first-order valence-corrected chi connectivity index (χ1v) is 16.8. The minimum absolute atomic E-state index is 0.485. The van der Waals surface area contributed by atoms with Gasteiger partial charge in [-0.05, 0) is 77.7 Å². The van der Waals surface area contributed by atoms with Crippen LogP contribution in [0, 0.1) is 0 Å². The lowest BCUT2D eigenvalue weighted by molar-refractivity contribution is 0.356. The largest absolute Gasteiger partial charge is 0.493 e. The summed E-state index contributed by atoms with van der Waals surface area (Å²) in [5.41, 5.74) is 9.91. The molecule has 1 aliphatic carbocycles. The molecule has 0 spiro atoms. The summed E-state index contributed by atoms with van der Waals surface area (Å²) in [5, 5.41) is 10.1. The van der Waals surface area contributed by atoms with Crippen LogP contribution in [0.1, 0.15) is 24.5 Å². The van der Waals surface area contributed by atoms with Crippen molar-refractivity contribution in [3.8, 4) is 33.9 Å². The molecule has 0 saturated heterocycles. The van der Waals surface area contributed by atoms with Crippen LogP contribution in [0.2, 0.25) is 0 Å². The van der Waals surface area contributed by atoms with Crippen LogP contribution < -0.4 is 14.4 Å². The minimum Gasteiger partial charge on any atom is -0.493 e. The molecule has 1 fully saturated rings. The molecule has 5 heteroatoms. The average molecular weight is 638 g/mol. The number of pyridine rings is 1. The van der Waals surface area contributed by atoms with E-state index in [1.165, 1.54) is 29.3 Å². The molecule has 2 aromatic heterocycles. The van der Waals surface area contributed by atoms with Gasteiger partial charge in [0.1, 0.15) is 5.69 Å². The Morgan fingerprint density at radius 1 is 0.592 bits per heavy atom. The lowest BCUT2D eigenvalue weighted by atomic mass is 9.96. The highest BCUT2D eigenvalue weighted by Crippen LogP contribution is 2.47. The number of fused-ring (bicyclic) bond motifs is 4. The van der Waals surface area contributed by atoms with Crippen LogP contribution in [0.4, 0.5) is 17.1 Å². The van der Waals surface area contributed by atoms with E-state index in [0.29, 0.717) is 11.7 Å². The standard InChI is InChI=1S/C44H35N3O2/c1-48-40-27-33-26-39(30-20-21-30)47-44(37(33)28-41(40)49-2)42(31-13-5-3-6-14-31)43(45-47)32-22-24-35(25-23-32)46(34-16-7-4-8-17-34)38-19-11-15-29-12-9-10-18-36(29)38/h3-19,22-28,30H,20-21H2,1-2H3. The number of hydrogen-bond donors (Lipinski definition) is 0. The lowest BCUT2D eigenvalue weighted by Gasteiger charge is -2.27. The van der Waals surface area contributed by atoms with Crippen molar-refractivity contribution in [1.82, 2.24) is 9.61 Å². The molecular formula is C44H35N3O2. The van der Waals surface area contributed by atoms with E-state index in [4.69, 9.17) is 14.6 Å². The second-order valence-electron chi connectivity index (χ2n) is 12.7. The van der Waals surface area contributed by atoms with Crippen LogP contribution in [-0.4, -0.2) is 23.8 Å². The molecule has 1 aliphatic rings.